The van der Waals surface area contributed by atoms with E-state index in [4.69, 9.17) is 28.9 Å². The molecule has 1 atom stereocenters. The van der Waals surface area contributed by atoms with Gasteiger partial charge >= 0.3 is 0 Å². The lowest BCUT2D eigenvalue weighted by Crippen LogP contribution is -2.36. The van der Waals surface area contributed by atoms with Gasteiger partial charge in [0.15, 0.2) is 0 Å². The second kappa shape index (κ2) is 8.73. The van der Waals surface area contributed by atoms with Crippen molar-refractivity contribution < 1.29 is 4.79 Å². The molecule has 1 unspecified atom stereocenters. The number of nitrogens with one attached hydrogen (secondary N) is 1. The van der Waals surface area contributed by atoms with Crippen LogP contribution < -0.4 is 11.1 Å². The number of nitrogens with zero attached hydrogens (tertiary/aromatic N) is 1. The van der Waals surface area contributed by atoms with E-state index in [1.165, 1.54) is 0 Å². The van der Waals surface area contributed by atoms with E-state index < -0.39 is 0 Å². The molecule has 118 valence electrons. The highest BCUT2D eigenvalue weighted by molar-refractivity contribution is 7.98. The molecule has 0 fully saturated rings. The van der Waals surface area contributed by atoms with Gasteiger partial charge in [-0.25, -0.2) is 0 Å². The van der Waals surface area contributed by atoms with Gasteiger partial charge in [0.05, 0.1) is 22.9 Å². The fourth-order valence-electron chi connectivity index (χ4n) is 1.80. The Morgan fingerprint density at radius 2 is 2.14 bits per heavy atom. The molecule has 0 saturated heterocycles. The van der Waals surface area contributed by atoms with Crippen LogP contribution in [-0.4, -0.2) is 42.4 Å². The molecule has 0 radical (unpaired) electrons. The van der Waals surface area contributed by atoms with Crippen LogP contribution in [0.3, 0.4) is 0 Å². The van der Waals surface area contributed by atoms with Crippen LogP contribution >= 0.6 is 35.0 Å². The Kier molecular flexibility index (Phi) is 7.66. The van der Waals surface area contributed by atoms with E-state index >= 15 is 0 Å². The molecule has 0 heterocycles. The minimum Gasteiger partial charge on any atom is -0.397 e. The lowest BCUT2D eigenvalue weighted by Gasteiger charge is -2.24. The summed E-state index contributed by atoms with van der Waals surface area (Å²) in [4.78, 5) is 14.1. The third-order valence-electron chi connectivity index (χ3n) is 3.24. The molecule has 7 heteroatoms. The molecule has 1 rings (SSSR count). The van der Waals surface area contributed by atoms with E-state index in [9.17, 15) is 4.79 Å². The summed E-state index contributed by atoms with van der Waals surface area (Å²) < 4.78 is 0. The van der Waals surface area contributed by atoms with Gasteiger partial charge in [-0.05, 0) is 44.5 Å². The van der Waals surface area contributed by atoms with Crippen molar-refractivity contribution >= 4 is 52.2 Å². The first-order valence-electron chi connectivity index (χ1n) is 6.58. The molecule has 0 aliphatic rings. The fourth-order valence-corrected chi connectivity index (χ4v) is 2.93. The number of rotatable bonds is 7. The van der Waals surface area contributed by atoms with Crippen molar-refractivity contribution in [1.29, 1.82) is 0 Å². The number of anilines is 2. The normalized spacial score (nSPS) is 12.5. The second-order valence-corrected chi connectivity index (χ2v) is 6.77. The lowest BCUT2D eigenvalue weighted by molar-refractivity contribution is -0.117. The number of carbonyl (C=O) groups excluding carboxylic acids is 1. The molecule has 3 N–H and O–H groups in total. The van der Waals surface area contributed by atoms with Crippen molar-refractivity contribution in [2.75, 3.05) is 36.7 Å². The monoisotopic (exact) mass is 349 g/mol. The van der Waals surface area contributed by atoms with E-state index in [2.05, 4.69) is 18.5 Å². The van der Waals surface area contributed by atoms with Gasteiger partial charge in [-0.15, -0.1) is 0 Å². The molecule has 21 heavy (non-hydrogen) atoms. The quantitative estimate of drug-likeness (QED) is 0.738. The molecular formula is C14H21Cl2N3OS. The number of thioether (sulfide) groups is 1. The summed E-state index contributed by atoms with van der Waals surface area (Å²) in [6.45, 7) is 2.39. The first kappa shape index (κ1) is 18.4. The average Bonchev–Trinajstić information content (AvgIpc) is 2.39. The number of hydrogen-bond acceptors (Lipinski definition) is 4. The molecule has 1 amide bonds. The van der Waals surface area contributed by atoms with Crippen molar-refractivity contribution in [3.05, 3.63) is 22.2 Å². The molecule has 1 aromatic rings. The Morgan fingerprint density at radius 1 is 1.48 bits per heavy atom. The fraction of sp³-hybridized carbons (Fsp3) is 0.500. The summed E-state index contributed by atoms with van der Waals surface area (Å²) in [5, 5.41) is 3.53. The summed E-state index contributed by atoms with van der Waals surface area (Å²) in [5.74, 6) is 0.924. The molecule has 0 aliphatic heterocycles. The van der Waals surface area contributed by atoms with E-state index in [1.54, 1.807) is 23.9 Å². The summed E-state index contributed by atoms with van der Waals surface area (Å²) in [6, 6.07) is 3.45. The summed E-state index contributed by atoms with van der Waals surface area (Å²) >= 11 is 13.7. The van der Waals surface area contributed by atoms with Crippen molar-refractivity contribution in [2.24, 2.45) is 0 Å². The lowest BCUT2D eigenvalue weighted by atomic mass is 10.2. The third-order valence-corrected chi connectivity index (χ3v) is 4.40. The van der Waals surface area contributed by atoms with E-state index in [1.807, 2.05) is 11.9 Å². The molecule has 1 aromatic carbocycles. The van der Waals surface area contributed by atoms with Crippen LogP contribution in [0.2, 0.25) is 10.0 Å². The minimum absolute atomic E-state index is 0.149. The number of nitrogen functional groups attached to an aromatic ring is 1. The van der Waals surface area contributed by atoms with Gasteiger partial charge in [-0.3, -0.25) is 9.69 Å². The zero-order valence-electron chi connectivity index (χ0n) is 12.5. The van der Waals surface area contributed by atoms with Crippen molar-refractivity contribution in [3.63, 3.8) is 0 Å². The molecule has 0 saturated carbocycles. The van der Waals surface area contributed by atoms with Gasteiger partial charge in [-0.1, -0.05) is 23.2 Å². The van der Waals surface area contributed by atoms with Crippen molar-refractivity contribution in [1.82, 2.24) is 4.90 Å². The van der Waals surface area contributed by atoms with E-state index in [-0.39, 0.29) is 12.5 Å². The Bertz CT molecular complexity index is 476. The third kappa shape index (κ3) is 5.94. The van der Waals surface area contributed by atoms with Gasteiger partial charge in [0, 0.05) is 11.1 Å². The Morgan fingerprint density at radius 3 is 2.71 bits per heavy atom. The SMILES string of the molecule is CSCCC(C)N(C)CC(=O)Nc1c(N)cc(Cl)cc1Cl. The number of hydrogen-bond donors (Lipinski definition) is 2. The van der Waals surface area contributed by atoms with Crippen LogP contribution in [0.4, 0.5) is 11.4 Å². The zero-order chi connectivity index (χ0) is 16.0. The molecule has 0 spiro atoms. The molecule has 0 aliphatic carbocycles. The van der Waals surface area contributed by atoms with Crippen LogP contribution in [0, 0.1) is 0 Å². The minimum atomic E-state index is -0.149. The molecule has 4 nitrogen and oxygen atoms in total. The summed E-state index contributed by atoms with van der Waals surface area (Å²) in [5.41, 5.74) is 6.60. The van der Waals surface area contributed by atoms with Gasteiger partial charge in [-0.2, -0.15) is 11.8 Å². The van der Waals surface area contributed by atoms with Gasteiger partial charge in [0.2, 0.25) is 5.91 Å². The Labute approximate surface area is 140 Å². The predicted octanol–water partition coefficient (Wildman–Crippen LogP) is 3.59. The summed E-state index contributed by atoms with van der Waals surface area (Å²) in [7, 11) is 1.93. The van der Waals surface area contributed by atoms with Crippen LogP contribution in [0.25, 0.3) is 0 Å². The Balaban J connectivity index is 2.62. The van der Waals surface area contributed by atoms with E-state index in [0.29, 0.717) is 27.5 Å². The highest BCUT2D eigenvalue weighted by Gasteiger charge is 2.15. The zero-order valence-corrected chi connectivity index (χ0v) is 14.8. The van der Waals surface area contributed by atoms with Crippen LogP contribution in [-0.2, 0) is 4.79 Å². The molecule has 0 bridgehead atoms. The van der Waals surface area contributed by atoms with Crippen molar-refractivity contribution in [3.8, 4) is 0 Å². The predicted molar refractivity (Wildman–Crippen MR) is 94.6 cm³/mol. The largest absolute Gasteiger partial charge is 0.397 e. The van der Waals surface area contributed by atoms with Crippen molar-refractivity contribution in [2.45, 2.75) is 19.4 Å². The highest BCUT2D eigenvalue weighted by atomic mass is 35.5. The van der Waals surface area contributed by atoms with Gasteiger partial charge < -0.3 is 11.1 Å². The molecule has 0 aromatic heterocycles. The van der Waals surface area contributed by atoms with Crippen LogP contribution in [0.5, 0.6) is 0 Å². The van der Waals surface area contributed by atoms with Crippen LogP contribution in [0.1, 0.15) is 13.3 Å². The Hall–Kier alpha value is -0.620. The maximum Gasteiger partial charge on any atom is 0.238 e. The second-order valence-electron chi connectivity index (χ2n) is 4.95. The number of likely N-dealkylation sites (N-methyl/N-ethyl adjacent to an activating group) is 1. The van der Waals surface area contributed by atoms with Gasteiger partial charge in [0.25, 0.3) is 0 Å². The number of benzene rings is 1. The standard InChI is InChI=1S/C14H21Cl2N3OS/c1-9(4-5-21-3)19(2)8-13(20)18-14-11(16)6-10(15)7-12(14)17/h6-7,9H,4-5,8,17H2,1-3H3,(H,18,20). The first-order chi connectivity index (χ1) is 9.85. The number of halogens is 2. The number of amides is 1. The van der Waals surface area contributed by atoms with E-state index in [0.717, 1.165) is 12.2 Å². The van der Waals surface area contributed by atoms with Crippen LogP contribution in [0.15, 0.2) is 12.1 Å². The number of carbonyl (C=O) groups is 1. The maximum atomic E-state index is 12.1. The van der Waals surface area contributed by atoms with Gasteiger partial charge in [0.1, 0.15) is 0 Å². The smallest absolute Gasteiger partial charge is 0.238 e. The molecular weight excluding hydrogens is 329 g/mol. The first-order valence-corrected chi connectivity index (χ1v) is 8.73. The summed E-state index contributed by atoms with van der Waals surface area (Å²) in [6.07, 6.45) is 3.11. The average molecular weight is 350 g/mol. The highest BCUT2D eigenvalue weighted by Crippen LogP contribution is 2.31. The maximum absolute atomic E-state index is 12.1. The topological polar surface area (TPSA) is 58.4 Å². The number of nitrogens with two attached hydrogens (primary N) is 1.